The van der Waals surface area contributed by atoms with Gasteiger partial charge in [0.1, 0.15) is 17.9 Å². The first-order chi connectivity index (χ1) is 11.2. The van der Waals surface area contributed by atoms with E-state index < -0.39 is 0 Å². The Kier molecular flexibility index (Phi) is 4.29. The van der Waals surface area contributed by atoms with Gasteiger partial charge >= 0.3 is 5.63 Å². The van der Waals surface area contributed by atoms with Crippen LogP contribution in [0.15, 0.2) is 70.4 Å². The highest BCUT2D eigenvalue weighted by Gasteiger charge is 2.12. The summed E-state index contributed by atoms with van der Waals surface area (Å²) in [5.41, 5.74) is 3.11. The lowest BCUT2D eigenvalue weighted by Crippen LogP contribution is -2.01. The Labute approximate surface area is 134 Å². The fourth-order valence-corrected chi connectivity index (χ4v) is 2.65. The van der Waals surface area contributed by atoms with Crippen LogP contribution in [-0.4, -0.2) is 6.61 Å². The Morgan fingerprint density at radius 3 is 2.65 bits per heavy atom. The molecule has 0 unspecified atom stereocenters. The zero-order valence-corrected chi connectivity index (χ0v) is 13.0. The molecule has 0 saturated heterocycles. The molecule has 0 aliphatic heterocycles. The van der Waals surface area contributed by atoms with Crippen molar-refractivity contribution in [3.63, 3.8) is 0 Å². The molecule has 0 N–H and O–H groups in total. The highest BCUT2D eigenvalue weighted by Crippen LogP contribution is 2.32. The standard InChI is InChI=1S/C20H18O3/c1-3-10-22-18-13-19-17(11-14(18)4-2)16(12-20(21)23-19)15-8-6-5-7-9-15/h3,5-9,11-13H,1,4,10H2,2H3. The van der Waals surface area contributed by atoms with Crippen molar-refractivity contribution in [3.8, 4) is 16.9 Å². The molecule has 0 aliphatic carbocycles. The molecule has 0 bridgehead atoms. The molecule has 0 atom stereocenters. The number of benzene rings is 2. The van der Waals surface area contributed by atoms with Gasteiger partial charge < -0.3 is 9.15 Å². The van der Waals surface area contributed by atoms with Gasteiger partial charge in [-0.3, -0.25) is 0 Å². The van der Waals surface area contributed by atoms with Crippen molar-refractivity contribution in [1.82, 2.24) is 0 Å². The van der Waals surface area contributed by atoms with Gasteiger partial charge in [-0.2, -0.15) is 0 Å². The number of ether oxygens (including phenoxy) is 1. The van der Waals surface area contributed by atoms with Crippen LogP contribution in [0.3, 0.4) is 0 Å². The second-order valence-corrected chi connectivity index (χ2v) is 5.25. The van der Waals surface area contributed by atoms with E-state index in [0.717, 1.165) is 34.2 Å². The second-order valence-electron chi connectivity index (χ2n) is 5.25. The average Bonchev–Trinajstić information content (AvgIpc) is 2.59. The van der Waals surface area contributed by atoms with Crippen molar-refractivity contribution < 1.29 is 9.15 Å². The SMILES string of the molecule is C=CCOc1cc2oc(=O)cc(-c3ccccc3)c2cc1CC. The summed E-state index contributed by atoms with van der Waals surface area (Å²) >= 11 is 0. The zero-order valence-electron chi connectivity index (χ0n) is 13.0. The number of aryl methyl sites for hydroxylation is 1. The Bertz CT molecular complexity index is 892. The summed E-state index contributed by atoms with van der Waals surface area (Å²) in [4.78, 5) is 11.9. The van der Waals surface area contributed by atoms with E-state index in [-0.39, 0.29) is 5.63 Å². The maximum Gasteiger partial charge on any atom is 0.336 e. The van der Waals surface area contributed by atoms with Crippen LogP contribution in [0.1, 0.15) is 12.5 Å². The van der Waals surface area contributed by atoms with E-state index in [0.29, 0.717) is 12.2 Å². The predicted molar refractivity (Wildman–Crippen MR) is 93.0 cm³/mol. The van der Waals surface area contributed by atoms with Crippen LogP contribution in [0, 0.1) is 0 Å². The van der Waals surface area contributed by atoms with E-state index in [1.807, 2.05) is 36.4 Å². The van der Waals surface area contributed by atoms with Gasteiger partial charge in [-0.05, 0) is 29.2 Å². The fourth-order valence-electron chi connectivity index (χ4n) is 2.65. The van der Waals surface area contributed by atoms with Crippen molar-refractivity contribution >= 4 is 11.0 Å². The van der Waals surface area contributed by atoms with Gasteiger partial charge in [-0.15, -0.1) is 0 Å². The first kappa shape index (κ1) is 15.1. The molecular formula is C20H18O3. The number of rotatable bonds is 5. The van der Waals surface area contributed by atoms with Crippen LogP contribution in [0.5, 0.6) is 5.75 Å². The molecule has 0 aliphatic rings. The van der Waals surface area contributed by atoms with Crippen LogP contribution >= 0.6 is 0 Å². The molecule has 116 valence electrons. The molecule has 3 aromatic rings. The van der Waals surface area contributed by atoms with Crippen molar-refractivity contribution in [2.24, 2.45) is 0 Å². The summed E-state index contributed by atoms with van der Waals surface area (Å²) in [7, 11) is 0. The zero-order chi connectivity index (χ0) is 16.2. The van der Waals surface area contributed by atoms with Crippen LogP contribution in [0.2, 0.25) is 0 Å². The summed E-state index contributed by atoms with van der Waals surface area (Å²) in [6, 6.07) is 15.2. The van der Waals surface area contributed by atoms with E-state index in [1.165, 1.54) is 0 Å². The lowest BCUT2D eigenvalue weighted by molar-refractivity contribution is 0.359. The number of hydrogen-bond acceptors (Lipinski definition) is 3. The van der Waals surface area contributed by atoms with Gasteiger partial charge in [0.15, 0.2) is 0 Å². The van der Waals surface area contributed by atoms with Gasteiger partial charge in [0.2, 0.25) is 0 Å². The summed E-state index contributed by atoms with van der Waals surface area (Å²) in [6.07, 6.45) is 2.52. The third kappa shape index (κ3) is 3.04. The van der Waals surface area contributed by atoms with E-state index in [1.54, 1.807) is 18.2 Å². The molecule has 3 heteroatoms. The van der Waals surface area contributed by atoms with Crippen molar-refractivity contribution in [2.45, 2.75) is 13.3 Å². The molecule has 3 rings (SSSR count). The molecular weight excluding hydrogens is 288 g/mol. The quantitative estimate of drug-likeness (QED) is 0.511. The Morgan fingerprint density at radius 2 is 1.96 bits per heavy atom. The molecule has 1 heterocycles. The van der Waals surface area contributed by atoms with E-state index in [2.05, 4.69) is 13.5 Å². The van der Waals surface area contributed by atoms with Gasteiger partial charge in [0.25, 0.3) is 0 Å². The maximum atomic E-state index is 11.9. The monoisotopic (exact) mass is 306 g/mol. The van der Waals surface area contributed by atoms with Crippen LogP contribution in [0.4, 0.5) is 0 Å². The normalized spacial score (nSPS) is 10.7. The predicted octanol–water partition coefficient (Wildman–Crippen LogP) is 4.59. The number of fused-ring (bicyclic) bond motifs is 1. The van der Waals surface area contributed by atoms with Crippen LogP contribution < -0.4 is 10.4 Å². The topological polar surface area (TPSA) is 39.4 Å². The van der Waals surface area contributed by atoms with E-state index in [4.69, 9.17) is 9.15 Å². The summed E-state index contributed by atoms with van der Waals surface area (Å²) in [5.74, 6) is 0.730. The van der Waals surface area contributed by atoms with Gasteiger partial charge in [-0.25, -0.2) is 4.79 Å². The minimum Gasteiger partial charge on any atom is -0.489 e. The minimum atomic E-state index is -0.365. The van der Waals surface area contributed by atoms with Gasteiger partial charge in [-0.1, -0.05) is 49.9 Å². The molecule has 1 aromatic heterocycles. The fraction of sp³-hybridized carbons (Fsp3) is 0.150. The molecule has 0 fully saturated rings. The van der Waals surface area contributed by atoms with Crippen molar-refractivity contribution in [1.29, 1.82) is 0 Å². The second kappa shape index (κ2) is 6.53. The number of hydrogen-bond donors (Lipinski definition) is 0. The minimum absolute atomic E-state index is 0.365. The van der Waals surface area contributed by atoms with Crippen LogP contribution in [0.25, 0.3) is 22.1 Å². The Hall–Kier alpha value is -2.81. The lowest BCUT2D eigenvalue weighted by Gasteiger charge is -2.12. The van der Waals surface area contributed by atoms with Crippen molar-refractivity contribution in [3.05, 3.63) is 77.2 Å². The highest BCUT2D eigenvalue weighted by molar-refractivity contribution is 5.94. The molecule has 2 aromatic carbocycles. The van der Waals surface area contributed by atoms with Gasteiger partial charge in [0, 0.05) is 17.5 Å². The largest absolute Gasteiger partial charge is 0.489 e. The molecule has 3 nitrogen and oxygen atoms in total. The molecule has 0 saturated carbocycles. The molecule has 0 radical (unpaired) electrons. The third-order valence-corrected chi connectivity index (χ3v) is 3.75. The van der Waals surface area contributed by atoms with Gasteiger partial charge in [0.05, 0.1) is 0 Å². The molecule has 0 amide bonds. The first-order valence-electron chi connectivity index (χ1n) is 7.63. The molecule has 0 spiro atoms. The third-order valence-electron chi connectivity index (χ3n) is 3.75. The summed E-state index contributed by atoms with van der Waals surface area (Å²) < 4.78 is 11.1. The average molecular weight is 306 g/mol. The summed E-state index contributed by atoms with van der Waals surface area (Å²) in [6.45, 7) is 6.15. The van der Waals surface area contributed by atoms with Crippen LogP contribution in [-0.2, 0) is 6.42 Å². The maximum absolute atomic E-state index is 11.9. The Morgan fingerprint density at radius 1 is 1.17 bits per heavy atom. The van der Waals surface area contributed by atoms with E-state index >= 15 is 0 Å². The highest BCUT2D eigenvalue weighted by atomic mass is 16.5. The Balaban J connectivity index is 2.26. The summed E-state index contributed by atoms with van der Waals surface area (Å²) in [5, 5.41) is 0.915. The smallest absolute Gasteiger partial charge is 0.336 e. The van der Waals surface area contributed by atoms with Crippen molar-refractivity contribution in [2.75, 3.05) is 6.61 Å². The van der Waals surface area contributed by atoms with E-state index in [9.17, 15) is 4.79 Å². The lowest BCUT2D eigenvalue weighted by atomic mass is 9.99. The molecule has 23 heavy (non-hydrogen) atoms. The first-order valence-corrected chi connectivity index (χ1v) is 7.63.